The molecule has 5 nitrogen and oxygen atoms in total. The molecule has 2 aromatic rings. The number of aliphatic carboxylic acids is 1. The lowest BCUT2D eigenvalue weighted by molar-refractivity contribution is -0.137. The molecule has 0 radical (unpaired) electrons. The Morgan fingerprint density at radius 2 is 1.95 bits per heavy atom. The highest BCUT2D eigenvalue weighted by Gasteiger charge is 2.11. The normalized spacial score (nSPS) is 10.6. The van der Waals surface area contributed by atoms with E-state index in [0.29, 0.717) is 12.8 Å². The molecule has 0 atom stereocenters. The van der Waals surface area contributed by atoms with Crippen LogP contribution in [0.5, 0.6) is 0 Å². The zero-order chi connectivity index (χ0) is 13.8. The first-order valence-electron chi connectivity index (χ1n) is 5.55. The number of hydrogen-bond donors (Lipinski definition) is 1. The second-order valence-corrected chi connectivity index (χ2v) is 3.92. The van der Waals surface area contributed by atoms with E-state index in [9.17, 15) is 13.6 Å². The highest BCUT2D eigenvalue weighted by molar-refractivity contribution is 5.66. The summed E-state index contributed by atoms with van der Waals surface area (Å²) in [6.45, 7) is 0. The van der Waals surface area contributed by atoms with Crippen LogP contribution in [0.15, 0.2) is 22.7 Å². The van der Waals surface area contributed by atoms with Crippen molar-refractivity contribution in [2.45, 2.75) is 19.3 Å². The van der Waals surface area contributed by atoms with Crippen LogP contribution in [-0.2, 0) is 11.2 Å². The van der Waals surface area contributed by atoms with Gasteiger partial charge in [-0.3, -0.25) is 4.79 Å². The third-order valence-electron chi connectivity index (χ3n) is 2.37. The molecular weight excluding hydrogens is 258 g/mol. The molecule has 1 N–H and O–H groups in total. The fraction of sp³-hybridized carbons (Fsp3) is 0.250. The van der Waals surface area contributed by atoms with Crippen molar-refractivity contribution in [1.82, 2.24) is 10.1 Å². The van der Waals surface area contributed by atoms with E-state index in [-0.39, 0.29) is 23.7 Å². The smallest absolute Gasteiger partial charge is 0.303 e. The van der Waals surface area contributed by atoms with Gasteiger partial charge in [-0.15, -0.1) is 0 Å². The van der Waals surface area contributed by atoms with Gasteiger partial charge in [0, 0.05) is 24.5 Å². The fourth-order valence-corrected chi connectivity index (χ4v) is 1.55. The summed E-state index contributed by atoms with van der Waals surface area (Å²) in [6.07, 6.45) is 0.651. The number of benzene rings is 1. The SMILES string of the molecule is O=C(O)CCCc1nc(-c2cc(F)cc(F)c2)no1. The van der Waals surface area contributed by atoms with Gasteiger partial charge in [-0.2, -0.15) is 4.98 Å². The molecule has 0 unspecified atom stereocenters. The van der Waals surface area contributed by atoms with Crippen molar-refractivity contribution >= 4 is 5.97 Å². The highest BCUT2D eigenvalue weighted by Crippen LogP contribution is 2.19. The Bertz CT molecular complexity index is 578. The lowest BCUT2D eigenvalue weighted by Gasteiger charge is -1.95. The van der Waals surface area contributed by atoms with Gasteiger partial charge in [0.25, 0.3) is 0 Å². The third-order valence-corrected chi connectivity index (χ3v) is 2.37. The van der Waals surface area contributed by atoms with Crippen LogP contribution in [0.4, 0.5) is 8.78 Å². The topological polar surface area (TPSA) is 76.2 Å². The first-order chi connectivity index (χ1) is 9.04. The minimum atomic E-state index is -0.910. The van der Waals surface area contributed by atoms with Crippen LogP contribution in [0.25, 0.3) is 11.4 Å². The van der Waals surface area contributed by atoms with Gasteiger partial charge in [-0.25, -0.2) is 8.78 Å². The molecular formula is C12H10F2N2O3. The van der Waals surface area contributed by atoms with Crippen molar-refractivity contribution in [3.05, 3.63) is 35.7 Å². The van der Waals surface area contributed by atoms with Gasteiger partial charge in [0.2, 0.25) is 11.7 Å². The molecule has 0 amide bonds. The fourth-order valence-electron chi connectivity index (χ4n) is 1.55. The molecule has 0 bridgehead atoms. The van der Waals surface area contributed by atoms with Gasteiger partial charge in [0.1, 0.15) is 11.6 Å². The van der Waals surface area contributed by atoms with E-state index in [1.165, 1.54) is 0 Å². The quantitative estimate of drug-likeness (QED) is 0.901. The standard InChI is InChI=1S/C12H10F2N2O3/c13-8-4-7(5-9(14)6-8)12-15-10(19-16-12)2-1-3-11(17)18/h4-6H,1-3H2,(H,17,18). The molecule has 0 saturated carbocycles. The number of carboxylic acids is 1. The summed E-state index contributed by atoms with van der Waals surface area (Å²) in [4.78, 5) is 14.3. The summed E-state index contributed by atoms with van der Waals surface area (Å²) in [7, 11) is 0. The van der Waals surface area contributed by atoms with Crippen LogP contribution in [0.3, 0.4) is 0 Å². The molecule has 0 aliphatic heterocycles. The Kier molecular flexibility index (Phi) is 3.84. The van der Waals surface area contributed by atoms with Gasteiger partial charge in [-0.05, 0) is 18.6 Å². The van der Waals surface area contributed by atoms with Gasteiger partial charge in [0.15, 0.2) is 0 Å². The Morgan fingerprint density at radius 3 is 2.58 bits per heavy atom. The van der Waals surface area contributed by atoms with Crippen molar-refractivity contribution < 1.29 is 23.2 Å². The molecule has 0 spiro atoms. The van der Waals surface area contributed by atoms with Crippen LogP contribution in [0.2, 0.25) is 0 Å². The third kappa shape index (κ3) is 3.57. The molecule has 0 saturated heterocycles. The van der Waals surface area contributed by atoms with E-state index in [4.69, 9.17) is 9.63 Å². The molecule has 1 aromatic heterocycles. The van der Waals surface area contributed by atoms with Crippen molar-refractivity contribution in [2.75, 3.05) is 0 Å². The first kappa shape index (κ1) is 13.1. The number of nitrogens with zero attached hydrogens (tertiary/aromatic N) is 2. The number of rotatable bonds is 5. The predicted octanol–water partition coefficient (Wildman–Crippen LogP) is 2.42. The number of hydrogen-bond acceptors (Lipinski definition) is 4. The molecule has 0 aliphatic rings. The number of halogens is 2. The van der Waals surface area contributed by atoms with Gasteiger partial charge >= 0.3 is 5.97 Å². The van der Waals surface area contributed by atoms with E-state index in [1.807, 2.05) is 0 Å². The van der Waals surface area contributed by atoms with Gasteiger partial charge in [0.05, 0.1) is 0 Å². The lowest BCUT2D eigenvalue weighted by Crippen LogP contribution is -1.96. The summed E-state index contributed by atoms with van der Waals surface area (Å²) in [5.41, 5.74) is 0.172. The number of carbonyl (C=O) groups is 1. The molecule has 2 rings (SSSR count). The van der Waals surface area contributed by atoms with Crippen molar-refractivity contribution in [3.8, 4) is 11.4 Å². The molecule has 1 heterocycles. The maximum Gasteiger partial charge on any atom is 0.303 e. The predicted molar refractivity (Wildman–Crippen MR) is 60.2 cm³/mol. The number of aryl methyl sites for hydroxylation is 1. The average Bonchev–Trinajstić information content (AvgIpc) is 2.76. The summed E-state index contributed by atoms with van der Waals surface area (Å²) in [5, 5.41) is 12.1. The second kappa shape index (κ2) is 5.55. The van der Waals surface area contributed by atoms with Crippen LogP contribution in [0.1, 0.15) is 18.7 Å². The molecule has 100 valence electrons. The van der Waals surface area contributed by atoms with E-state index in [2.05, 4.69) is 10.1 Å². The second-order valence-electron chi connectivity index (χ2n) is 3.92. The van der Waals surface area contributed by atoms with E-state index in [0.717, 1.165) is 18.2 Å². The number of carboxylic acid groups (broad SMARTS) is 1. The van der Waals surface area contributed by atoms with E-state index < -0.39 is 17.6 Å². The van der Waals surface area contributed by atoms with Gasteiger partial charge < -0.3 is 9.63 Å². The van der Waals surface area contributed by atoms with Crippen molar-refractivity contribution in [1.29, 1.82) is 0 Å². The molecule has 0 fully saturated rings. The highest BCUT2D eigenvalue weighted by atomic mass is 19.1. The van der Waals surface area contributed by atoms with Crippen LogP contribution >= 0.6 is 0 Å². The number of aromatic nitrogens is 2. The Balaban J connectivity index is 2.09. The largest absolute Gasteiger partial charge is 0.481 e. The lowest BCUT2D eigenvalue weighted by atomic mass is 10.2. The Morgan fingerprint density at radius 1 is 1.26 bits per heavy atom. The van der Waals surface area contributed by atoms with Crippen molar-refractivity contribution in [3.63, 3.8) is 0 Å². The Hall–Kier alpha value is -2.31. The van der Waals surface area contributed by atoms with E-state index in [1.54, 1.807) is 0 Å². The minimum absolute atomic E-state index is 0.00763. The Labute approximate surface area is 106 Å². The summed E-state index contributed by atoms with van der Waals surface area (Å²) < 4.78 is 30.9. The molecule has 7 heteroatoms. The average molecular weight is 268 g/mol. The maximum absolute atomic E-state index is 13.0. The van der Waals surface area contributed by atoms with E-state index >= 15 is 0 Å². The maximum atomic E-state index is 13.0. The first-order valence-corrected chi connectivity index (χ1v) is 5.55. The monoisotopic (exact) mass is 268 g/mol. The zero-order valence-corrected chi connectivity index (χ0v) is 9.77. The zero-order valence-electron chi connectivity index (χ0n) is 9.77. The van der Waals surface area contributed by atoms with Crippen LogP contribution in [0, 0.1) is 11.6 Å². The molecule has 1 aromatic carbocycles. The van der Waals surface area contributed by atoms with Crippen molar-refractivity contribution in [2.24, 2.45) is 0 Å². The summed E-state index contributed by atoms with van der Waals surface area (Å²) >= 11 is 0. The molecule has 0 aliphatic carbocycles. The van der Waals surface area contributed by atoms with Crippen LogP contribution in [-0.4, -0.2) is 21.2 Å². The van der Waals surface area contributed by atoms with Crippen LogP contribution < -0.4 is 0 Å². The molecule has 19 heavy (non-hydrogen) atoms. The summed E-state index contributed by atoms with van der Waals surface area (Å²) in [6, 6.07) is 2.93. The summed E-state index contributed by atoms with van der Waals surface area (Å²) in [5.74, 6) is -2.06. The van der Waals surface area contributed by atoms with Gasteiger partial charge in [-0.1, -0.05) is 5.16 Å². The minimum Gasteiger partial charge on any atom is -0.481 e.